The van der Waals surface area contributed by atoms with Crippen LogP contribution >= 0.6 is 0 Å². The summed E-state index contributed by atoms with van der Waals surface area (Å²) in [5, 5.41) is 4.07. The van der Waals surface area contributed by atoms with Crippen LogP contribution in [0.3, 0.4) is 0 Å². The fraction of sp³-hybridized carbons (Fsp3) is 0.353. The largest absolute Gasteiger partial charge is 0.373 e. The molecule has 4 nitrogen and oxygen atoms in total. The minimum atomic E-state index is 0.334. The van der Waals surface area contributed by atoms with Crippen molar-refractivity contribution in [2.75, 3.05) is 12.4 Å². The predicted molar refractivity (Wildman–Crippen MR) is 91.0 cm³/mol. The van der Waals surface area contributed by atoms with E-state index in [0.29, 0.717) is 6.04 Å². The van der Waals surface area contributed by atoms with Crippen molar-refractivity contribution in [1.82, 2.24) is 9.97 Å². The summed E-state index contributed by atoms with van der Waals surface area (Å²) in [6.45, 7) is 6.26. The number of fused-ring (bicyclic) bond motifs is 1. The van der Waals surface area contributed by atoms with E-state index in [1.54, 1.807) is 0 Å². The molecule has 2 heterocycles. The molecule has 0 radical (unpaired) electrons. The van der Waals surface area contributed by atoms with Gasteiger partial charge in [0.15, 0.2) is 0 Å². The zero-order chi connectivity index (χ0) is 15.2. The van der Waals surface area contributed by atoms with Crippen molar-refractivity contribution < 1.29 is 0 Å². The minimum Gasteiger partial charge on any atom is -0.373 e. The summed E-state index contributed by atoms with van der Waals surface area (Å²) in [5.74, 6) is 0.822. The molecule has 4 heteroatoms. The maximum atomic E-state index is 4.72. The lowest BCUT2D eigenvalue weighted by Crippen LogP contribution is -1.98. The number of nitrogens with zero attached hydrogens (tertiary/aromatic N) is 3. The Labute approximate surface area is 126 Å². The fourth-order valence-electron chi connectivity index (χ4n) is 1.92. The molecule has 0 aliphatic carbocycles. The monoisotopic (exact) mass is 282 g/mol. The van der Waals surface area contributed by atoms with E-state index in [1.807, 2.05) is 50.7 Å². The molecule has 1 N–H and O–H groups in total. The highest BCUT2D eigenvalue weighted by Gasteiger charge is 2.04. The first-order valence-electron chi connectivity index (χ1n) is 7.32. The zero-order valence-corrected chi connectivity index (χ0v) is 13.1. The van der Waals surface area contributed by atoms with Gasteiger partial charge >= 0.3 is 0 Å². The number of allylic oxidation sites excluding steroid dienone is 2. The van der Waals surface area contributed by atoms with E-state index in [9.17, 15) is 0 Å². The first kappa shape index (κ1) is 15.2. The molecule has 2 aromatic heterocycles. The van der Waals surface area contributed by atoms with E-state index in [4.69, 9.17) is 4.98 Å². The highest BCUT2D eigenvalue weighted by atomic mass is 15.0. The van der Waals surface area contributed by atoms with E-state index in [2.05, 4.69) is 29.1 Å². The van der Waals surface area contributed by atoms with Crippen LogP contribution in [-0.4, -0.2) is 29.3 Å². The number of pyridine rings is 2. The molecule has 0 aliphatic heterocycles. The Hall–Kier alpha value is -2.23. The lowest BCUT2D eigenvalue weighted by molar-refractivity contribution is 0.721. The number of anilines is 1. The van der Waals surface area contributed by atoms with E-state index in [0.717, 1.165) is 34.4 Å². The Morgan fingerprint density at radius 1 is 1.43 bits per heavy atom. The third-order valence-corrected chi connectivity index (χ3v) is 3.50. The summed E-state index contributed by atoms with van der Waals surface area (Å²) in [7, 11) is 1.86. The van der Waals surface area contributed by atoms with E-state index < -0.39 is 0 Å². The predicted octanol–water partition coefficient (Wildman–Crippen LogP) is 3.94. The molecular weight excluding hydrogens is 260 g/mol. The molecule has 1 atom stereocenters. The van der Waals surface area contributed by atoms with Crippen molar-refractivity contribution in [1.29, 1.82) is 0 Å². The maximum Gasteiger partial charge on any atom is 0.127 e. The number of aliphatic imine (C=N–C) groups is 1. The van der Waals surface area contributed by atoms with Crippen LogP contribution in [0.1, 0.15) is 32.9 Å². The van der Waals surface area contributed by atoms with Crippen molar-refractivity contribution in [3.05, 3.63) is 36.2 Å². The zero-order valence-electron chi connectivity index (χ0n) is 13.1. The van der Waals surface area contributed by atoms with Gasteiger partial charge in [0.1, 0.15) is 5.82 Å². The van der Waals surface area contributed by atoms with Crippen molar-refractivity contribution in [3.63, 3.8) is 0 Å². The molecule has 0 bridgehead atoms. The molecule has 0 saturated carbocycles. The summed E-state index contributed by atoms with van der Waals surface area (Å²) in [6, 6.07) is 6.35. The maximum absolute atomic E-state index is 4.72. The Morgan fingerprint density at radius 3 is 2.90 bits per heavy atom. The van der Waals surface area contributed by atoms with Gasteiger partial charge < -0.3 is 5.32 Å². The average Bonchev–Trinajstić information content (AvgIpc) is 2.54. The summed E-state index contributed by atoms with van der Waals surface area (Å²) in [6.07, 6.45) is 6.83. The van der Waals surface area contributed by atoms with Gasteiger partial charge in [0.05, 0.1) is 11.2 Å². The van der Waals surface area contributed by atoms with Crippen molar-refractivity contribution in [2.45, 2.75) is 33.2 Å². The van der Waals surface area contributed by atoms with E-state index in [-0.39, 0.29) is 0 Å². The van der Waals surface area contributed by atoms with Crippen molar-refractivity contribution in [2.24, 2.45) is 4.99 Å². The number of nitrogens with one attached hydrogen (secondary N) is 1. The fourth-order valence-corrected chi connectivity index (χ4v) is 1.92. The first-order valence-corrected chi connectivity index (χ1v) is 7.32. The number of hydrogen-bond donors (Lipinski definition) is 1. The number of rotatable bonds is 5. The van der Waals surface area contributed by atoms with Crippen LogP contribution in [-0.2, 0) is 0 Å². The second-order valence-electron chi connectivity index (χ2n) is 4.99. The molecule has 110 valence electrons. The van der Waals surface area contributed by atoms with Crippen LogP contribution < -0.4 is 5.32 Å². The van der Waals surface area contributed by atoms with Crippen LogP contribution in [0, 0.1) is 0 Å². The van der Waals surface area contributed by atoms with Crippen LogP contribution in [0.4, 0.5) is 5.82 Å². The Morgan fingerprint density at radius 2 is 2.24 bits per heavy atom. The highest BCUT2D eigenvalue weighted by molar-refractivity contribution is 6.09. The van der Waals surface area contributed by atoms with E-state index in [1.165, 1.54) is 0 Å². The molecule has 0 aromatic carbocycles. The normalized spacial score (nSPS) is 13.8. The third kappa shape index (κ3) is 3.66. The SMILES string of the molecule is C/C=C(\C=NC(C)CC)c1ccc2cnc(NC)cc2n1. The quantitative estimate of drug-likeness (QED) is 0.845. The van der Waals surface area contributed by atoms with Gasteiger partial charge in [-0.15, -0.1) is 0 Å². The molecule has 0 spiro atoms. The van der Waals surface area contributed by atoms with Gasteiger partial charge in [-0.25, -0.2) is 9.97 Å². The third-order valence-electron chi connectivity index (χ3n) is 3.50. The lowest BCUT2D eigenvalue weighted by atomic mass is 10.1. The summed E-state index contributed by atoms with van der Waals surface area (Å²) in [5.41, 5.74) is 2.91. The molecule has 0 fully saturated rings. The molecule has 0 amide bonds. The first-order chi connectivity index (χ1) is 10.2. The van der Waals surface area contributed by atoms with Gasteiger partial charge in [-0.3, -0.25) is 4.99 Å². The average molecular weight is 282 g/mol. The van der Waals surface area contributed by atoms with Crippen LogP contribution in [0.5, 0.6) is 0 Å². The van der Waals surface area contributed by atoms with Crippen LogP contribution in [0.25, 0.3) is 16.5 Å². The van der Waals surface area contributed by atoms with E-state index >= 15 is 0 Å². The highest BCUT2D eigenvalue weighted by Crippen LogP contribution is 2.18. The Kier molecular flexibility index (Phi) is 5.04. The van der Waals surface area contributed by atoms with Gasteiger partial charge in [-0.05, 0) is 32.4 Å². The molecule has 2 aromatic rings. The van der Waals surface area contributed by atoms with Gasteiger partial charge in [0, 0.05) is 42.5 Å². The second-order valence-corrected chi connectivity index (χ2v) is 4.99. The molecule has 21 heavy (non-hydrogen) atoms. The topological polar surface area (TPSA) is 50.2 Å². The van der Waals surface area contributed by atoms with Gasteiger partial charge in [-0.2, -0.15) is 0 Å². The molecule has 1 unspecified atom stereocenters. The number of aromatic nitrogens is 2. The van der Waals surface area contributed by atoms with Crippen molar-refractivity contribution >= 4 is 28.5 Å². The lowest BCUT2D eigenvalue weighted by Gasteiger charge is -2.06. The second kappa shape index (κ2) is 6.97. The van der Waals surface area contributed by atoms with Gasteiger partial charge in [0.2, 0.25) is 0 Å². The summed E-state index contributed by atoms with van der Waals surface area (Å²) in [4.78, 5) is 13.6. The molecule has 0 aliphatic rings. The summed E-state index contributed by atoms with van der Waals surface area (Å²) < 4.78 is 0. The Balaban J connectivity index is 2.38. The van der Waals surface area contributed by atoms with Crippen LogP contribution in [0.15, 0.2) is 35.5 Å². The standard InChI is InChI=1S/C17H22N4/c1-5-12(3)19-10-13(6-2)15-8-7-14-11-20-17(18-4)9-16(14)21-15/h6-12H,5H2,1-4H3,(H,18,20)/b13-6+,19-10?. The molecule has 2 rings (SSSR count). The summed E-state index contributed by atoms with van der Waals surface area (Å²) >= 11 is 0. The smallest absolute Gasteiger partial charge is 0.127 e. The van der Waals surface area contributed by atoms with Gasteiger partial charge in [-0.1, -0.05) is 13.0 Å². The van der Waals surface area contributed by atoms with Crippen molar-refractivity contribution in [3.8, 4) is 0 Å². The van der Waals surface area contributed by atoms with Crippen LogP contribution in [0.2, 0.25) is 0 Å². The molecule has 0 saturated heterocycles. The number of hydrogen-bond acceptors (Lipinski definition) is 4. The minimum absolute atomic E-state index is 0.334. The molecular formula is C17H22N4. The van der Waals surface area contributed by atoms with Gasteiger partial charge in [0.25, 0.3) is 0 Å². The Bertz CT molecular complexity index is 674.